The summed E-state index contributed by atoms with van der Waals surface area (Å²) in [6.07, 6.45) is 4.83. The van der Waals surface area contributed by atoms with E-state index in [1.807, 2.05) is 0 Å². The summed E-state index contributed by atoms with van der Waals surface area (Å²) in [6.45, 7) is 7.49. The van der Waals surface area contributed by atoms with Gasteiger partial charge in [0.15, 0.2) is 0 Å². The molecule has 4 heterocycles. The van der Waals surface area contributed by atoms with E-state index in [0.29, 0.717) is 63.2 Å². The van der Waals surface area contributed by atoms with E-state index in [1.54, 1.807) is 44.4 Å². The van der Waals surface area contributed by atoms with Crippen molar-refractivity contribution in [2.24, 2.45) is 0 Å². The van der Waals surface area contributed by atoms with Crippen molar-refractivity contribution in [2.75, 3.05) is 0 Å². The molecule has 2 aromatic carbocycles. The summed E-state index contributed by atoms with van der Waals surface area (Å²) in [6, 6.07) is 14.7. The van der Waals surface area contributed by atoms with Crippen LogP contribution in [0, 0.1) is 25.5 Å². The molecule has 0 aliphatic rings. The molecule has 12 heteroatoms. The SMILES string of the molecule is C=CCn1oc(=O)c(-c2ccc(F)cc2)c1-c1ccnc(C)n1.Cc1nccc(-c2[nH]oc(=O)c2-c2ccc(F)cc2)n1. The van der Waals surface area contributed by atoms with Crippen molar-refractivity contribution in [1.29, 1.82) is 0 Å². The lowest BCUT2D eigenvalue weighted by molar-refractivity contribution is 0.273. The minimum absolute atomic E-state index is 0.314. The number of H-pyrrole nitrogens is 1. The van der Waals surface area contributed by atoms with Crippen LogP contribution in [0.1, 0.15) is 11.6 Å². The van der Waals surface area contributed by atoms with Crippen molar-refractivity contribution in [3.63, 3.8) is 0 Å². The second-order valence-corrected chi connectivity index (χ2v) is 9.19. The van der Waals surface area contributed by atoms with Crippen molar-refractivity contribution >= 4 is 0 Å². The summed E-state index contributed by atoms with van der Waals surface area (Å²) < 4.78 is 37.7. The Hall–Kier alpha value is -5.78. The van der Waals surface area contributed by atoms with E-state index in [2.05, 4.69) is 31.7 Å². The smallest absolute Gasteiger partial charge is 0.338 e. The molecular formula is C31H24F2N6O4. The first kappa shape index (κ1) is 28.7. The number of nitrogens with zero attached hydrogens (tertiary/aromatic N) is 5. The van der Waals surface area contributed by atoms with E-state index in [1.165, 1.54) is 53.3 Å². The Balaban J connectivity index is 0.000000173. The molecule has 4 aromatic heterocycles. The van der Waals surface area contributed by atoms with Gasteiger partial charge in [-0.15, -0.1) is 6.58 Å². The number of hydrogen-bond donors (Lipinski definition) is 1. The summed E-state index contributed by atoms with van der Waals surface area (Å²) >= 11 is 0. The number of aromatic nitrogens is 6. The molecule has 10 nitrogen and oxygen atoms in total. The first-order chi connectivity index (χ1) is 20.7. The van der Waals surface area contributed by atoms with E-state index in [9.17, 15) is 18.4 Å². The first-order valence-electron chi connectivity index (χ1n) is 12.9. The standard InChI is InChI=1S/C17H14FN3O2.C14H10FN3O2/c1-3-10-21-16(14-8-9-19-11(2)20-14)15(17(22)23-21)12-4-6-13(18)7-5-12;1-8-16-7-6-11(17-8)13-12(14(19)20-18-13)9-2-4-10(15)5-3-9/h3-9H,1,10H2,2H3;2-7,18H,1H3. The normalized spacial score (nSPS) is 10.7. The molecule has 6 aromatic rings. The van der Waals surface area contributed by atoms with Crippen molar-refractivity contribution in [1.82, 2.24) is 29.8 Å². The molecule has 0 atom stereocenters. The second kappa shape index (κ2) is 12.4. The zero-order valence-electron chi connectivity index (χ0n) is 23.0. The van der Waals surface area contributed by atoms with Crippen molar-refractivity contribution in [3.8, 4) is 45.0 Å². The average molecular weight is 583 g/mol. The first-order valence-corrected chi connectivity index (χ1v) is 12.9. The lowest BCUT2D eigenvalue weighted by Crippen LogP contribution is -2.00. The molecule has 1 N–H and O–H groups in total. The Kier molecular flexibility index (Phi) is 8.28. The lowest BCUT2D eigenvalue weighted by atomic mass is 10.0. The Morgan fingerprint density at radius 2 is 1.33 bits per heavy atom. The van der Waals surface area contributed by atoms with Gasteiger partial charge in [0.1, 0.15) is 34.7 Å². The quantitative estimate of drug-likeness (QED) is 0.246. The predicted molar refractivity (Wildman–Crippen MR) is 155 cm³/mol. The average Bonchev–Trinajstić information content (AvgIpc) is 3.53. The molecule has 0 unspecified atom stereocenters. The number of rotatable bonds is 6. The maximum atomic E-state index is 13.2. The number of benzene rings is 2. The van der Waals surface area contributed by atoms with Crippen LogP contribution in [0.4, 0.5) is 8.78 Å². The highest BCUT2D eigenvalue weighted by Crippen LogP contribution is 2.30. The van der Waals surface area contributed by atoms with E-state index in [-0.39, 0.29) is 11.6 Å². The van der Waals surface area contributed by atoms with Gasteiger partial charge in [-0.3, -0.25) is 0 Å². The van der Waals surface area contributed by atoms with Crippen LogP contribution >= 0.6 is 0 Å². The highest BCUT2D eigenvalue weighted by molar-refractivity contribution is 5.79. The molecule has 216 valence electrons. The van der Waals surface area contributed by atoms with Crippen LogP contribution in [0.15, 0.2) is 104 Å². The van der Waals surface area contributed by atoms with E-state index >= 15 is 0 Å². The zero-order valence-corrected chi connectivity index (χ0v) is 23.0. The molecule has 6 rings (SSSR count). The molecule has 0 saturated heterocycles. The van der Waals surface area contributed by atoms with Crippen LogP contribution < -0.4 is 11.3 Å². The maximum Gasteiger partial charge on any atom is 0.366 e. The molecule has 0 radical (unpaired) electrons. The third kappa shape index (κ3) is 6.27. The summed E-state index contributed by atoms with van der Waals surface area (Å²) in [7, 11) is 0. The van der Waals surface area contributed by atoms with Gasteiger partial charge in [0.05, 0.1) is 29.1 Å². The maximum absolute atomic E-state index is 13.2. The van der Waals surface area contributed by atoms with Gasteiger partial charge in [-0.05, 0) is 61.4 Å². The number of aromatic amines is 1. The molecule has 0 aliphatic carbocycles. The summed E-state index contributed by atoms with van der Waals surface area (Å²) in [5.74, 6) is 0.414. The van der Waals surface area contributed by atoms with Crippen molar-refractivity contribution in [3.05, 3.63) is 130 Å². The monoisotopic (exact) mass is 582 g/mol. The molecule has 0 amide bonds. The highest BCUT2D eigenvalue weighted by Gasteiger charge is 2.21. The van der Waals surface area contributed by atoms with Crippen molar-refractivity contribution in [2.45, 2.75) is 20.4 Å². The topological polar surface area (TPSA) is 133 Å². The fraction of sp³-hybridized carbons (Fsp3) is 0.0968. The molecule has 43 heavy (non-hydrogen) atoms. The number of hydrogen-bond acceptors (Lipinski definition) is 8. The van der Waals surface area contributed by atoms with Gasteiger partial charge in [0, 0.05) is 12.4 Å². The van der Waals surface area contributed by atoms with Gasteiger partial charge >= 0.3 is 11.3 Å². The van der Waals surface area contributed by atoms with Crippen LogP contribution in [0.2, 0.25) is 0 Å². The van der Waals surface area contributed by atoms with E-state index in [4.69, 9.17) is 9.05 Å². The summed E-state index contributed by atoms with van der Waals surface area (Å²) in [4.78, 5) is 40.8. The largest absolute Gasteiger partial charge is 0.366 e. The zero-order chi connectivity index (χ0) is 30.5. The molecule has 0 saturated carbocycles. The highest BCUT2D eigenvalue weighted by atomic mass is 19.1. The van der Waals surface area contributed by atoms with Crippen LogP contribution in [-0.4, -0.2) is 29.8 Å². The van der Waals surface area contributed by atoms with Crippen LogP contribution in [-0.2, 0) is 6.54 Å². The molecular weight excluding hydrogens is 558 g/mol. The summed E-state index contributed by atoms with van der Waals surface area (Å²) in [5.41, 5.74) is 2.83. The minimum Gasteiger partial charge on any atom is -0.338 e. The molecule has 0 bridgehead atoms. The van der Waals surface area contributed by atoms with Gasteiger partial charge in [-0.25, -0.2) is 43.5 Å². The number of halogens is 2. The Morgan fingerprint density at radius 3 is 1.88 bits per heavy atom. The fourth-order valence-electron chi connectivity index (χ4n) is 4.33. The van der Waals surface area contributed by atoms with Gasteiger partial charge in [-0.2, -0.15) is 4.74 Å². The summed E-state index contributed by atoms with van der Waals surface area (Å²) in [5, 5.41) is 2.56. The molecule has 0 aliphatic heterocycles. The fourth-order valence-corrected chi connectivity index (χ4v) is 4.33. The third-order valence-corrected chi connectivity index (χ3v) is 6.19. The Morgan fingerprint density at radius 1 is 0.791 bits per heavy atom. The van der Waals surface area contributed by atoms with E-state index < -0.39 is 11.3 Å². The number of nitrogens with one attached hydrogen (secondary N) is 1. The van der Waals surface area contributed by atoms with E-state index in [0.717, 1.165) is 0 Å². The van der Waals surface area contributed by atoms with Gasteiger partial charge < -0.3 is 9.05 Å². The number of allylic oxidation sites excluding steroid dienone is 1. The minimum atomic E-state index is -0.525. The van der Waals surface area contributed by atoms with Gasteiger partial charge in [0.2, 0.25) is 0 Å². The number of aryl methyl sites for hydroxylation is 2. The van der Waals surface area contributed by atoms with Crippen molar-refractivity contribution < 1.29 is 17.8 Å². The lowest BCUT2D eigenvalue weighted by Gasteiger charge is -2.06. The third-order valence-electron chi connectivity index (χ3n) is 6.19. The van der Waals surface area contributed by atoms with Gasteiger partial charge in [0.25, 0.3) is 0 Å². The van der Waals surface area contributed by atoms with Crippen LogP contribution in [0.5, 0.6) is 0 Å². The second-order valence-electron chi connectivity index (χ2n) is 9.19. The molecule has 0 spiro atoms. The Bertz CT molecular complexity index is 2010. The Labute approximate surface area is 243 Å². The molecule has 0 fully saturated rings. The van der Waals surface area contributed by atoms with Gasteiger partial charge in [-0.1, -0.05) is 30.3 Å². The van der Waals surface area contributed by atoms with Crippen LogP contribution in [0.3, 0.4) is 0 Å². The predicted octanol–water partition coefficient (Wildman–Crippen LogP) is 5.74. The van der Waals surface area contributed by atoms with Crippen LogP contribution in [0.25, 0.3) is 45.0 Å².